The van der Waals surface area contributed by atoms with Gasteiger partial charge in [0.2, 0.25) is 17.7 Å². The van der Waals surface area contributed by atoms with Gasteiger partial charge >= 0.3 is 0 Å². The van der Waals surface area contributed by atoms with E-state index in [1.807, 2.05) is 68.6 Å². The van der Waals surface area contributed by atoms with E-state index in [0.717, 1.165) is 38.7 Å². The molecule has 296 valence electrons. The molecule has 0 saturated carbocycles. The minimum atomic E-state index is -0.933. The summed E-state index contributed by atoms with van der Waals surface area (Å²) in [5, 5.41) is 15.9. The van der Waals surface area contributed by atoms with E-state index in [9.17, 15) is 14.4 Å². The number of carbonyl (C=O) groups is 3. The van der Waals surface area contributed by atoms with Crippen molar-refractivity contribution in [1.29, 1.82) is 0 Å². The predicted octanol–water partition coefficient (Wildman–Crippen LogP) is 5.15. The lowest BCUT2D eigenvalue weighted by molar-refractivity contribution is -0.142. The Hall–Kier alpha value is -4.73. The molecule has 6 rings (SSSR count). The zero-order valence-corrected chi connectivity index (χ0v) is 33.6. The number of pyridine rings is 1. The topological polar surface area (TPSA) is 197 Å². The van der Waals surface area contributed by atoms with Crippen LogP contribution in [0.5, 0.6) is 0 Å². The van der Waals surface area contributed by atoms with Gasteiger partial charge in [0.25, 0.3) is 0 Å². The summed E-state index contributed by atoms with van der Waals surface area (Å²) in [4.78, 5) is 53.4. The maximum Gasteiger partial charge on any atom is 0.245 e. The monoisotopic (exact) mass is 799 g/mol. The van der Waals surface area contributed by atoms with E-state index in [1.165, 1.54) is 16.7 Å². The molecule has 4 heterocycles. The van der Waals surface area contributed by atoms with Crippen molar-refractivity contribution in [2.24, 2.45) is 11.5 Å². The van der Waals surface area contributed by atoms with Gasteiger partial charge in [0.15, 0.2) is 0 Å². The van der Waals surface area contributed by atoms with Gasteiger partial charge in [0.05, 0.1) is 16.8 Å². The number of aromatic amines is 1. The Bertz CT molecular complexity index is 2150. The molecule has 15 heteroatoms. The van der Waals surface area contributed by atoms with Crippen molar-refractivity contribution < 1.29 is 18.9 Å². The lowest BCUT2D eigenvalue weighted by atomic mass is 10.00. The summed E-state index contributed by atoms with van der Waals surface area (Å²) in [7, 11) is 1.63. The molecule has 0 unspecified atom stereocenters. The minimum absolute atomic E-state index is 0.1000. The first-order valence-electron chi connectivity index (χ1n) is 19.0. The van der Waals surface area contributed by atoms with Crippen LogP contribution in [0.25, 0.3) is 22.0 Å². The number of nitrogens with one attached hydrogen (secondary N) is 4. The molecular weight excluding hydrogens is 750 g/mol. The van der Waals surface area contributed by atoms with Gasteiger partial charge < -0.3 is 41.8 Å². The first kappa shape index (κ1) is 40.9. The number of aryl methyl sites for hydroxylation is 2. The third-order valence-corrected chi connectivity index (χ3v) is 11.9. The molecule has 2 aromatic carbocycles. The number of amides is 3. The summed E-state index contributed by atoms with van der Waals surface area (Å²) in [5.41, 5.74) is 17.5. The van der Waals surface area contributed by atoms with Crippen LogP contribution in [0.1, 0.15) is 60.2 Å². The number of nitrogens with zero attached hydrogens (tertiary/aromatic N) is 3. The van der Waals surface area contributed by atoms with Gasteiger partial charge in [0, 0.05) is 60.3 Å². The van der Waals surface area contributed by atoms with Gasteiger partial charge in [-0.3, -0.25) is 14.4 Å². The number of hydrogen-bond acceptors (Lipinski definition) is 10. The highest BCUT2D eigenvalue weighted by Gasteiger charge is 2.34. The summed E-state index contributed by atoms with van der Waals surface area (Å²) in [6.07, 6.45) is 6.50. The fourth-order valence-corrected chi connectivity index (χ4v) is 8.55. The Morgan fingerprint density at radius 1 is 0.946 bits per heavy atom. The van der Waals surface area contributed by atoms with E-state index < -0.39 is 18.1 Å². The quantitative estimate of drug-likeness (QED) is 0.103. The smallest absolute Gasteiger partial charge is 0.245 e. The standard InChI is InChI=1S/C41H50ClN9O4S/c1-24-36(25(2)55-50-24)27-18-29-23-48-39(53)35(20-28-22-46-32-12-5-4-11-30(28)32)51(3)41(54)34(13-6-7-15-43)49-38(52)33(14-8-16-44)47-21-26-10-9-17-45-40(26)56-37(29)31(42)19-27/h4-5,9-12,17-19,22,33-35,46-47H,6-8,13-16,20-21,23,43-44H2,1-3H3,(H,48,53)(H,49,52)/t33-,34-,35-/m0/s1. The van der Waals surface area contributed by atoms with Crippen LogP contribution in [0.15, 0.2) is 75.4 Å². The van der Waals surface area contributed by atoms with Crippen molar-refractivity contribution in [3.05, 3.63) is 94.1 Å². The summed E-state index contributed by atoms with van der Waals surface area (Å²) in [6.45, 7) is 4.98. The van der Waals surface area contributed by atoms with Crippen molar-refractivity contribution >= 4 is 52.0 Å². The molecule has 3 aromatic heterocycles. The van der Waals surface area contributed by atoms with E-state index in [2.05, 4.69) is 26.1 Å². The SMILES string of the molecule is Cc1noc(C)c1-c1cc(Cl)c2c(c1)CNC(=O)[C@H](Cc1c[nH]c3ccccc13)N(C)C(=O)[C@H](CCCCN)NC(=O)[C@H](CCCN)NCc1cccnc1S2. The predicted molar refractivity (Wildman–Crippen MR) is 219 cm³/mol. The molecule has 8 N–H and O–H groups in total. The highest BCUT2D eigenvalue weighted by atomic mass is 35.5. The Morgan fingerprint density at radius 2 is 1.73 bits per heavy atom. The van der Waals surface area contributed by atoms with Crippen molar-refractivity contribution in [1.82, 2.24) is 36.0 Å². The van der Waals surface area contributed by atoms with Crippen LogP contribution < -0.4 is 27.4 Å². The molecule has 1 aliphatic heterocycles. The number of aromatic nitrogens is 3. The van der Waals surface area contributed by atoms with Crippen LogP contribution in [-0.2, 0) is 33.9 Å². The lowest BCUT2D eigenvalue weighted by Gasteiger charge is -2.32. The van der Waals surface area contributed by atoms with Crippen LogP contribution in [-0.4, -0.2) is 76.0 Å². The first-order chi connectivity index (χ1) is 27.1. The highest BCUT2D eigenvalue weighted by molar-refractivity contribution is 7.99. The molecule has 3 atom stereocenters. The van der Waals surface area contributed by atoms with Crippen molar-refractivity contribution in [2.45, 2.75) is 93.5 Å². The second kappa shape index (κ2) is 18.9. The number of para-hydroxylation sites is 1. The number of hydrogen-bond donors (Lipinski definition) is 6. The van der Waals surface area contributed by atoms with Gasteiger partial charge in [-0.15, -0.1) is 0 Å². The number of fused-ring (bicyclic) bond motifs is 3. The summed E-state index contributed by atoms with van der Waals surface area (Å²) in [6, 6.07) is 13.0. The van der Waals surface area contributed by atoms with Crippen LogP contribution in [0.2, 0.25) is 5.02 Å². The molecule has 1 aliphatic rings. The number of halogens is 1. The molecular formula is C41H50ClN9O4S. The fourth-order valence-electron chi connectivity index (χ4n) is 7.20. The average molecular weight is 800 g/mol. The third-order valence-electron chi connectivity index (χ3n) is 10.3. The molecule has 0 fully saturated rings. The Morgan fingerprint density at radius 3 is 2.50 bits per heavy atom. The molecule has 0 spiro atoms. The van der Waals surface area contributed by atoms with E-state index in [1.54, 1.807) is 13.2 Å². The number of benzene rings is 2. The number of rotatable bonds is 10. The largest absolute Gasteiger partial charge is 0.361 e. The first-order valence-corrected chi connectivity index (χ1v) is 20.2. The Kier molecular flexibility index (Phi) is 13.8. The van der Waals surface area contributed by atoms with Crippen LogP contribution in [0.4, 0.5) is 0 Å². The van der Waals surface area contributed by atoms with Gasteiger partial charge in [-0.25, -0.2) is 4.98 Å². The number of nitrogens with two attached hydrogens (primary N) is 2. The van der Waals surface area contributed by atoms with Crippen molar-refractivity contribution in [3.63, 3.8) is 0 Å². The molecule has 0 bridgehead atoms. The average Bonchev–Trinajstić information content (AvgIpc) is 3.77. The molecule has 0 saturated heterocycles. The Labute approximate surface area is 336 Å². The number of carbonyl (C=O) groups excluding carboxylic acids is 3. The van der Waals surface area contributed by atoms with E-state index in [-0.39, 0.29) is 30.7 Å². The van der Waals surface area contributed by atoms with Gasteiger partial charge in [-0.1, -0.05) is 52.8 Å². The number of H-pyrrole nitrogens is 1. The van der Waals surface area contributed by atoms with E-state index in [4.69, 9.17) is 32.6 Å². The maximum atomic E-state index is 14.6. The van der Waals surface area contributed by atoms with Crippen LogP contribution >= 0.6 is 23.4 Å². The molecule has 13 nitrogen and oxygen atoms in total. The summed E-state index contributed by atoms with van der Waals surface area (Å²) in [5.74, 6) is -0.409. The minimum Gasteiger partial charge on any atom is -0.361 e. The number of unbranched alkanes of at least 4 members (excludes halogenated alkanes) is 1. The normalized spacial score (nSPS) is 18.6. The van der Waals surface area contributed by atoms with Gasteiger partial charge in [-0.05, 0) is 106 Å². The molecule has 56 heavy (non-hydrogen) atoms. The van der Waals surface area contributed by atoms with Gasteiger partial charge in [0.1, 0.15) is 22.9 Å². The lowest BCUT2D eigenvalue weighted by Crippen LogP contribution is -2.57. The summed E-state index contributed by atoms with van der Waals surface area (Å²) >= 11 is 8.51. The van der Waals surface area contributed by atoms with E-state index >= 15 is 0 Å². The zero-order valence-electron chi connectivity index (χ0n) is 32.0. The van der Waals surface area contributed by atoms with Gasteiger partial charge in [-0.2, -0.15) is 0 Å². The zero-order chi connectivity index (χ0) is 39.8. The van der Waals surface area contributed by atoms with Crippen LogP contribution in [0.3, 0.4) is 0 Å². The molecule has 3 amide bonds. The maximum absolute atomic E-state index is 14.6. The Balaban J connectivity index is 1.45. The van der Waals surface area contributed by atoms with E-state index in [0.29, 0.717) is 78.1 Å². The molecule has 0 aliphatic carbocycles. The van der Waals surface area contributed by atoms with Crippen molar-refractivity contribution in [3.8, 4) is 11.1 Å². The summed E-state index contributed by atoms with van der Waals surface area (Å²) < 4.78 is 5.50. The third kappa shape index (κ3) is 9.44. The fraction of sp³-hybridized carbons (Fsp3) is 0.390. The molecule has 5 aromatic rings. The second-order valence-electron chi connectivity index (χ2n) is 14.2. The number of likely N-dealkylation sites (N-methyl/N-ethyl adjacent to an activating group) is 1. The van der Waals surface area contributed by atoms with Crippen molar-refractivity contribution in [2.75, 3.05) is 20.1 Å². The molecule has 0 radical (unpaired) electrons. The van der Waals surface area contributed by atoms with Crippen LogP contribution in [0, 0.1) is 13.8 Å². The second-order valence-corrected chi connectivity index (χ2v) is 15.6. The highest BCUT2D eigenvalue weighted by Crippen LogP contribution is 2.41.